The van der Waals surface area contributed by atoms with Gasteiger partial charge in [0.1, 0.15) is 5.75 Å². The van der Waals surface area contributed by atoms with Gasteiger partial charge in [0.15, 0.2) is 0 Å². The zero-order valence-electron chi connectivity index (χ0n) is 16.3. The smallest absolute Gasteiger partial charge is 0.416 e. The molecule has 0 bridgehead atoms. The molecule has 1 atom stereocenters. The molecule has 10 heteroatoms. The van der Waals surface area contributed by atoms with E-state index in [-0.39, 0.29) is 38.0 Å². The van der Waals surface area contributed by atoms with E-state index in [0.29, 0.717) is 17.7 Å². The molecule has 0 saturated carbocycles. The van der Waals surface area contributed by atoms with Crippen molar-refractivity contribution in [2.24, 2.45) is 0 Å². The van der Waals surface area contributed by atoms with Crippen LogP contribution in [0.3, 0.4) is 0 Å². The second kappa shape index (κ2) is 10.1. The molecule has 1 aliphatic heterocycles. The van der Waals surface area contributed by atoms with Crippen molar-refractivity contribution in [1.29, 1.82) is 0 Å². The molecule has 168 valence electrons. The monoisotopic (exact) mass is 445 g/mol. The van der Waals surface area contributed by atoms with Gasteiger partial charge in [-0.1, -0.05) is 12.1 Å². The number of hydrogen-bond acceptors (Lipinski definition) is 4. The Morgan fingerprint density at radius 2 is 1.90 bits per heavy atom. The zero-order chi connectivity index (χ0) is 22.4. The molecule has 0 aromatic heterocycles. The maximum Gasteiger partial charge on any atom is 0.416 e. The van der Waals surface area contributed by atoms with E-state index in [1.54, 1.807) is 4.90 Å². The van der Waals surface area contributed by atoms with Gasteiger partial charge in [0.05, 0.1) is 31.5 Å². The number of ether oxygens (including phenoxy) is 3. The van der Waals surface area contributed by atoms with E-state index in [4.69, 9.17) is 9.47 Å². The minimum Gasteiger partial charge on any atom is -0.435 e. The van der Waals surface area contributed by atoms with Crippen LogP contribution in [0, 0.1) is 0 Å². The van der Waals surface area contributed by atoms with Crippen LogP contribution in [0.2, 0.25) is 0 Å². The molecule has 2 aromatic rings. The van der Waals surface area contributed by atoms with Gasteiger partial charge >= 0.3 is 12.8 Å². The van der Waals surface area contributed by atoms with Gasteiger partial charge in [-0.15, -0.1) is 0 Å². The van der Waals surface area contributed by atoms with Crippen LogP contribution in [-0.2, 0) is 22.3 Å². The molecule has 31 heavy (non-hydrogen) atoms. The Labute approximate surface area is 175 Å². The van der Waals surface area contributed by atoms with E-state index in [9.17, 15) is 26.7 Å². The van der Waals surface area contributed by atoms with Crippen LogP contribution in [0.4, 0.5) is 22.0 Å². The lowest BCUT2D eigenvalue weighted by molar-refractivity contribution is -0.137. The summed E-state index contributed by atoms with van der Waals surface area (Å²) in [5.74, 6) is -0.343. The molecule has 1 amide bonds. The van der Waals surface area contributed by atoms with Crippen LogP contribution in [0.25, 0.3) is 0 Å². The maximum atomic E-state index is 12.8. The third-order valence-electron chi connectivity index (χ3n) is 4.58. The molecule has 0 spiro atoms. The summed E-state index contributed by atoms with van der Waals surface area (Å²) >= 11 is 0. The standard InChI is InChI=1S/C21H20F5NO4/c22-20(23)31-17-6-4-15(5-7-17)19(28)27-8-9-30-18(11-27)13-29-12-14-2-1-3-16(10-14)21(24,25)26/h1-7,10,18,20H,8-9,11-13H2. The van der Waals surface area contributed by atoms with Crippen molar-refractivity contribution in [3.05, 3.63) is 65.2 Å². The Morgan fingerprint density at radius 1 is 1.16 bits per heavy atom. The van der Waals surface area contributed by atoms with Crippen LogP contribution in [0.15, 0.2) is 48.5 Å². The Hall–Kier alpha value is -2.72. The van der Waals surface area contributed by atoms with E-state index in [1.165, 1.54) is 36.4 Å². The Morgan fingerprint density at radius 3 is 2.58 bits per heavy atom. The molecule has 1 fully saturated rings. The van der Waals surface area contributed by atoms with Crippen molar-refractivity contribution in [2.45, 2.75) is 25.5 Å². The summed E-state index contributed by atoms with van der Waals surface area (Å²) in [6.07, 6.45) is -4.86. The summed E-state index contributed by atoms with van der Waals surface area (Å²) in [4.78, 5) is 14.2. The van der Waals surface area contributed by atoms with Gasteiger partial charge in [-0.3, -0.25) is 4.79 Å². The molecule has 1 saturated heterocycles. The average molecular weight is 445 g/mol. The molecule has 1 heterocycles. The number of alkyl halides is 5. The SMILES string of the molecule is O=C(c1ccc(OC(F)F)cc1)N1CCOC(COCc2cccc(C(F)(F)F)c2)C1. The number of carbonyl (C=O) groups is 1. The number of rotatable bonds is 7. The number of carbonyl (C=O) groups excluding carboxylic acids is 1. The first-order valence-electron chi connectivity index (χ1n) is 9.42. The van der Waals surface area contributed by atoms with E-state index in [0.717, 1.165) is 12.1 Å². The molecule has 0 radical (unpaired) electrons. The summed E-state index contributed by atoms with van der Waals surface area (Å²) in [6.45, 7) is -2.02. The number of nitrogens with zero attached hydrogens (tertiary/aromatic N) is 1. The van der Waals surface area contributed by atoms with Gasteiger partial charge in [-0.25, -0.2) is 0 Å². The third kappa shape index (κ3) is 6.63. The molecular formula is C21H20F5NO4. The molecule has 5 nitrogen and oxygen atoms in total. The predicted octanol–water partition coefficient (Wildman–Crippen LogP) is 4.36. The number of benzene rings is 2. The lowest BCUT2D eigenvalue weighted by atomic mass is 10.1. The van der Waals surface area contributed by atoms with Crippen molar-refractivity contribution in [1.82, 2.24) is 4.90 Å². The van der Waals surface area contributed by atoms with Crippen LogP contribution in [0.5, 0.6) is 5.75 Å². The molecule has 1 unspecified atom stereocenters. The van der Waals surface area contributed by atoms with E-state index >= 15 is 0 Å². The zero-order valence-corrected chi connectivity index (χ0v) is 16.3. The molecule has 2 aromatic carbocycles. The van der Waals surface area contributed by atoms with E-state index in [2.05, 4.69) is 4.74 Å². The summed E-state index contributed by atoms with van der Waals surface area (Å²) in [5.41, 5.74) is -0.0546. The minimum absolute atomic E-state index is 0.0245. The molecule has 1 aliphatic rings. The van der Waals surface area contributed by atoms with Crippen molar-refractivity contribution in [3.63, 3.8) is 0 Å². The average Bonchev–Trinajstić information content (AvgIpc) is 2.73. The van der Waals surface area contributed by atoms with Crippen LogP contribution >= 0.6 is 0 Å². The fraction of sp³-hybridized carbons (Fsp3) is 0.381. The first-order valence-corrected chi connectivity index (χ1v) is 9.42. The quantitative estimate of drug-likeness (QED) is 0.595. The lowest BCUT2D eigenvalue weighted by Crippen LogP contribution is -2.47. The number of amides is 1. The first-order chi connectivity index (χ1) is 14.7. The van der Waals surface area contributed by atoms with Crippen molar-refractivity contribution in [3.8, 4) is 5.75 Å². The highest BCUT2D eigenvalue weighted by Gasteiger charge is 2.30. The first kappa shape index (κ1) is 23.0. The van der Waals surface area contributed by atoms with Gasteiger partial charge in [0.2, 0.25) is 0 Å². The highest BCUT2D eigenvalue weighted by Crippen LogP contribution is 2.29. The second-order valence-corrected chi connectivity index (χ2v) is 6.86. The molecule has 3 rings (SSSR count). The summed E-state index contributed by atoms with van der Waals surface area (Å²) < 4.78 is 78.1. The fourth-order valence-corrected chi connectivity index (χ4v) is 3.11. The van der Waals surface area contributed by atoms with Gasteiger partial charge < -0.3 is 19.1 Å². The number of halogens is 5. The van der Waals surface area contributed by atoms with Gasteiger partial charge in [0, 0.05) is 18.7 Å². The molecule has 0 N–H and O–H groups in total. The molecule has 0 aliphatic carbocycles. The number of hydrogen-bond donors (Lipinski definition) is 0. The largest absolute Gasteiger partial charge is 0.435 e. The topological polar surface area (TPSA) is 48.0 Å². The molecular weight excluding hydrogens is 425 g/mol. The van der Waals surface area contributed by atoms with Crippen molar-refractivity contribution in [2.75, 3.05) is 26.3 Å². The summed E-state index contributed by atoms with van der Waals surface area (Å²) in [7, 11) is 0. The Balaban J connectivity index is 1.51. The Kier molecular flexibility index (Phi) is 7.45. The van der Waals surface area contributed by atoms with Crippen LogP contribution in [0.1, 0.15) is 21.5 Å². The van der Waals surface area contributed by atoms with Gasteiger partial charge in [-0.05, 0) is 42.0 Å². The number of morpholine rings is 1. The summed E-state index contributed by atoms with van der Waals surface area (Å²) in [5, 5.41) is 0. The highest BCUT2D eigenvalue weighted by molar-refractivity contribution is 5.94. The second-order valence-electron chi connectivity index (χ2n) is 6.86. The van der Waals surface area contributed by atoms with Crippen molar-refractivity contribution < 1.29 is 41.0 Å². The predicted molar refractivity (Wildman–Crippen MR) is 99.8 cm³/mol. The minimum atomic E-state index is -4.42. The fourth-order valence-electron chi connectivity index (χ4n) is 3.11. The van der Waals surface area contributed by atoms with Crippen molar-refractivity contribution >= 4 is 5.91 Å². The Bertz CT molecular complexity index is 873. The maximum absolute atomic E-state index is 12.8. The van der Waals surface area contributed by atoms with E-state index in [1.807, 2.05) is 0 Å². The summed E-state index contributed by atoms with van der Waals surface area (Å²) in [6, 6.07) is 10.2. The van der Waals surface area contributed by atoms with Crippen LogP contribution in [-0.4, -0.2) is 49.8 Å². The van der Waals surface area contributed by atoms with Crippen LogP contribution < -0.4 is 4.74 Å². The van der Waals surface area contributed by atoms with Gasteiger partial charge in [0.25, 0.3) is 5.91 Å². The highest BCUT2D eigenvalue weighted by atomic mass is 19.4. The van der Waals surface area contributed by atoms with E-state index < -0.39 is 24.5 Å². The van der Waals surface area contributed by atoms with Gasteiger partial charge in [-0.2, -0.15) is 22.0 Å². The third-order valence-corrected chi connectivity index (χ3v) is 4.58. The lowest BCUT2D eigenvalue weighted by Gasteiger charge is -2.33. The normalized spacial score (nSPS) is 17.1.